The number of carbonyl (C=O) groups is 1. The highest BCUT2D eigenvalue weighted by molar-refractivity contribution is 7.89. The molecule has 3 aromatic carbocycles. The SMILES string of the molecule is Cc1cccc(N(C)C(=O)[C@H](Cc2ccccc2)NC(O)NS(=O)(=O)c2ccccc2)c1. The number of nitrogens with zero attached hydrogens (tertiary/aromatic N) is 1. The molecule has 7 nitrogen and oxygen atoms in total. The average Bonchev–Trinajstić information content (AvgIpc) is 2.78. The first-order valence-electron chi connectivity index (χ1n) is 10.2. The molecule has 0 saturated heterocycles. The van der Waals surface area contributed by atoms with Crippen molar-refractivity contribution in [3.8, 4) is 0 Å². The van der Waals surface area contributed by atoms with E-state index in [1.165, 1.54) is 17.0 Å². The van der Waals surface area contributed by atoms with Crippen LogP contribution in [0.15, 0.2) is 89.8 Å². The smallest absolute Gasteiger partial charge is 0.244 e. The largest absolute Gasteiger partial charge is 0.365 e. The molecular formula is C24H27N3O4S. The van der Waals surface area contributed by atoms with Crippen molar-refractivity contribution in [3.63, 3.8) is 0 Å². The number of rotatable bonds is 9. The maximum Gasteiger partial charge on any atom is 0.244 e. The Labute approximate surface area is 188 Å². The van der Waals surface area contributed by atoms with Gasteiger partial charge in [-0.05, 0) is 48.7 Å². The predicted molar refractivity (Wildman–Crippen MR) is 124 cm³/mol. The van der Waals surface area contributed by atoms with Crippen LogP contribution >= 0.6 is 0 Å². The highest BCUT2D eigenvalue weighted by Crippen LogP contribution is 2.17. The second-order valence-electron chi connectivity index (χ2n) is 7.48. The van der Waals surface area contributed by atoms with Crippen LogP contribution in [-0.4, -0.2) is 38.9 Å². The first-order valence-corrected chi connectivity index (χ1v) is 11.6. The molecule has 0 heterocycles. The van der Waals surface area contributed by atoms with Gasteiger partial charge in [-0.15, -0.1) is 0 Å². The summed E-state index contributed by atoms with van der Waals surface area (Å²) >= 11 is 0. The molecule has 0 saturated carbocycles. The van der Waals surface area contributed by atoms with E-state index in [2.05, 4.69) is 10.0 Å². The van der Waals surface area contributed by atoms with E-state index in [1.807, 2.05) is 61.5 Å². The second-order valence-corrected chi connectivity index (χ2v) is 9.20. The van der Waals surface area contributed by atoms with Crippen LogP contribution in [0.2, 0.25) is 0 Å². The highest BCUT2D eigenvalue weighted by Gasteiger charge is 2.27. The fraction of sp³-hybridized carbons (Fsp3) is 0.208. The van der Waals surface area contributed by atoms with E-state index in [-0.39, 0.29) is 17.2 Å². The van der Waals surface area contributed by atoms with E-state index in [4.69, 9.17) is 0 Å². The lowest BCUT2D eigenvalue weighted by atomic mass is 10.0. The van der Waals surface area contributed by atoms with Crippen LogP contribution in [0.4, 0.5) is 5.69 Å². The van der Waals surface area contributed by atoms with Crippen molar-refractivity contribution in [2.24, 2.45) is 0 Å². The lowest BCUT2D eigenvalue weighted by Gasteiger charge is -2.27. The van der Waals surface area contributed by atoms with E-state index in [0.29, 0.717) is 5.69 Å². The van der Waals surface area contributed by atoms with Crippen LogP contribution in [0.5, 0.6) is 0 Å². The fourth-order valence-electron chi connectivity index (χ4n) is 3.30. The van der Waals surface area contributed by atoms with Gasteiger partial charge in [0.25, 0.3) is 0 Å². The number of hydrogen-bond donors (Lipinski definition) is 3. The van der Waals surface area contributed by atoms with Crippen LogP contribution in [0, 0.1) is 6.92 Å². The lowest BCUT2D eigenvalue weighted by molar-refractivity contribution is -0.121. The number of aliphatic hydroxyl groups excluding tert-OH is 1. The fourth-order valence-corrected chi connectivity index (χ4v) is 4.32. The van der Waals surface area contributed by atoms with E-state index >= 15 is 0 Å². The zero-order chi connectivity index (χ0) is 23.1. The first-order chi connectivity index (χ1) is 15.3. The summed E-state index contributed by atoms with van der Waals surface area (Å²) in [7, 11) is -2.32. The summed E-state index contributed by atoms with van der Waals surface area (Å²) in [4.78, 5) is 14.8. The Morgan fingerprint density at radius 3 is 2.22 bits per heavy atom. The van der Waals surface area contributed by atoms with Crippen molar-refractivity contribution in [2.45, 2.75) is 30.6 Å². The van der Waals surface area contributed by atoms with Gasteiger partial charge in [-0.25, -0.2) is 8.42 Å². The standard InChI is InChI=1S/C24H27N3O4S/c1-18-10-9-13-20(16-18)27(2)23(28)22(17-19-11-5-3-6-12-19)25-24(29)26-32(30,31)21-14-7-4-8-15-21/h3-16,22,24-26,29H,17H2,1-2H3/t22-,24?/m0/s1. The molecule has 1 amide bonds. The van der Waals surface area contributed by atoms with Gasteiger partial charge >= 0.3 is 0 Å². The lowest BCUT2D eigenvalue weighted by Crippen LogP contribution is -2.55. The number of aryl methyl sites for hydroxylation is 1. The van der Waals surface area contributed by atoms with Crippen molar-refractivity contribution in [3.05, 3.63) is 96.1 Å². The van der Waals surface area contributed by atoms with E-state index in [9.17, 15) is 18.3 Å². The van der Waals surface area contributed by atoms with Gasteiger partial charge < -0.3 is 10.0 Å². The summed E-state index contributed by atoms with van der Waals surface area (Å²) in [6.45, 7) is 1.93. The maximum atomic E-state index is 13.3. The summed E-state index contributed by atoms with van der Waals surface area (Å²) in [5, 5.41) is 13.2. The Bertz CT molecular complexity index is 1140. The Kier molecular flexibility index (Phi) is 7.76. The Balaban J connectivity index is 1.80. The number of aliphatic hydroxyl groups is 1. The number of sulfonamides is 1. The van der Waals surface area contributed by atoms with Crippen molar-refractivity contribution in [1.82, 2.24) is 10.0 Å². The van der Waals surface area contributed by atoms with Gasteiger partial charge in [0.15, 0.2) is 6.35 Å². The molecule has 0 aliphatic carbocycles. The molecule has 3 rings (SSSR count). The number of carbonyl (C=O) groups excluding carboxylic acids is 1. The van der Waals surface area contributed by atoms with Crippen molar-refractivity contribution in [2.75, 3.05) is 11.9 Å². The van der Waals surface area contributed by atoms with Gasteiger partial charge in [-0.1, -0.05) is 60.7 Å². The van der Waals surface area contributed by atoms with Gasteiger partial charge in [0, 0.05) is 12.7 Å². The molecule has 1 unspecified atom stereocenters. The summed E-state index contributed by atoms with van der Waals surface area (Å²) in [5.41, 5.74) is 2.58. The second kappa shape index (κ2) is 10.5. The molecule has 2 atom stereocenters. The summed E-state index contributed by atoms with van der Waals surface area (Å²) in [6.07, 6.45) is -1.40. The Morgan fingerprint density at radius 1 is 0.969 bits per heavy atom. The van der Waals surface area contributed by atoms with Gasteiger partial charge in [0.05, 0.1) is 10.9 Å². The molecule has 8 heteroatoms. The van der Waals surface area contributed by atoms with Gasteiger partial charge in [-0.2, -0.15) is 4.72 Å². The quantitative estimate of drug-likeness (QED) is 0.432. The Hall–Kier alpha value is -3.04. The monoisotopic (exact) mass is 453 g/mol. The zero-order valence-corrected chi connectivity index (χ0v) is 18.8. The zero-order valence-electron chi connectivity index (χ0n) is 18.0. The number of hydrogen-bond acceptors (Lipinski definition) is 5. The summed E-state index contributed by atoms with van der Waals surface area (Å²) < 4.78 is 27.3. The highest BCUT2D eigenvalue weighted by atomic mass is 32.2. The molecule has 0 bridgehead atoms. The third kappa shape index (κ3) is 6.24. The number of amides is 1. The molecule has 0 spiro atoms. The van der Waals surface area contributed by atoms with Crippen LogP contribution in [0.3, 0.4) is 0 Å². The predicted octanol–water partition coefficient (Wildman–Crippen LogP) is 2.41. The van der Waals surface area contributed by atoms with Gasteiger partial charge in [0.1, 0.15) is 0 Å². The number of benzene rings is 3. The molecule has 168 valence electrons. The maximum absolute atomic E-state index is 13.3. The molecule has 0 aliphatic heterocycles. The van der Waals surface area contributed by atoms with Crippen molar-refractivity contribution < 1.29 is 18.3 Å². The van der Waals surface area contributed by atoms with Gasteiger partial charge in [-0.3, -0.25) is 10.1 Å². The minimum atomic E-state index is -3.97. The first kappa shape index (κ1) is 23.6. The Morgan fingerprint density at radius 2 is 1.59 bits per heavy atom. The van der Waals surface area contributed by atoms with Gasteiger partial charge in [0.2, 0.25) is 15.9 Å². The number of likely N-dealkylation sites (N-methyl/N-ethyl adjacent to an activating group) is 1. The minimum absolute atomic E-state index is 0.0173. The minimum Gasteiger partial charge on any atom is -0.365 e. The average molecular weight is 454 g/mol. The number of nitrogens with one attached hydrogen (secondary N) is 2. The normalized spacial score (nSPS) is 13.3. The topological polar surface area (TPSA) is 98.7 Å². The number of anilines is 1. The summed E-state index contributed by atoms with van der Waals surface area (Å²) in [5.74, 6) is -0.308. The van der Waals surface area contributed by atoms with E-state index < -0.39 is 22.4 Å². The molecule has 3 N–H and O–H groups in total. The van der Waals surface area contributed by atoms with Crippen molar-refractivity contribution in [1.29, 1.82) is 0 Å². The molecule has 0 fully saturated rings. The third-order valence-electron chi connectivity index (χ3n) is 4.98. The van der Waals surface area contributed by atoms with Crippen LogP contribution in [-0.2, 0) is 21.2 Å². The van der Waals surface area contributed by atoms with Crippen LogP contribution in [0.1, 0.15) is 11.1 Å². The van der Waals surface area contributed by atoms with E-state index in [0.717, 1.165) is 11.1 Å². The van der Waals surface area contributed by atoms with E-state index in [1.54, 1.807) is 25.2 Å². The summed E-state index contributed by atoms with van der Waals surface area (Å²) in [6, 6.07) is 23.7. The third-order valence-corrected chi connectivity index (χ3v) is 6.41. The molecule has 0 radical (unpaired) electrons. The van der Waals surface area contributed by atoms with Crippen molar-refractivity contribution >= 4 is 21.6 Å². The van der Waals surface area contributed by atoms with Crippen LogP contribution < -0.4 is 14.9 Å². The molecular weight excluding hydrogens is 426 g/mol. The molecule has 0 aromatic heterocycles. The molecule has 32 heavy (non-hydrogen) atoms. The molecule has 0 aliphatic rings. The van der Waals surface area contributed by atoms with Crippen LogP contribution in [0.25, 0.3) is 0 Å². The molecule has 3 aromatic rings.